The lowest BCUT2D eigenvalue weighted by molar-refractivity contribution is 0.0592. The normalized spacial score (nSPS) is 35.9. The van der Waals surface area contributed by atoms with Gasteiger partial charge in [0.15, 0.2) is 0 Å². The molecule has 3 rings (SSSR count). The van der Waals surface area contributed by atoms with Gasteiger partial charge in [0.05, 0.1) is 0 Å². The Hall–Kier alpha value is -0.930. The largest absolute Gasteiger partial charge is 0.396 e. The number of piperidine rings is 1. The first kappa shape index (κ1) is 12.1. The Morgan fingerprint density at radius 1 is 1.28 bits per heavy atom. The van der Waals surface area contributed by atoms with Gasteiger partial charge in [0.25, 0.3) is 0 Å². The van der Waals surface area contributed by atoms with E-state index in [4.69, 9.17) is 0 Å². The highest BCUT2D eigenvalue weighted by atomic mass is 19.1. The summed E-state index contributed by atoms with van der Waals surface area (Å²) in [4.78, 5) is 2.43. The molecule has 2 bridgehead atoms. The van der Waals surface area contributed by atoms with Crippen LogP contribution in [-0.4, -0.2) is 35.7 Å². The van der Waals surface area contributed by atoms with E-state index >= 15 is 0 Å². The quantitative estimate of drug-likeness (QED) is 0.870. The smallest absolute Gasteiger partial charge is 0.123 e. The van der Waals surface area contributed by atoms with Gasteiger partial charge in [0, 0.05) is 24.6 Å². The van der Waals surface area contributed by atoms with Crippen molar-refractivity contribution in [3.8, 4) is 0 Å². The summed E-state index contributed by atoms with van der Waals surface area (Å²) in [6.45, 7) is 0.226. The van der Waals surface area contributed by atoms with Gasteiger partial charge in [-0.25, -0.2) is 4.39 Å². The molecule has 0 saturated carbocycles. The molecule has 2 fully saturated rings. The van der Waals surface area contributed by atoms with Crippen molar-refractivity contribution in [1.82, 2.24) is 4.90 Å². The molecule has 2 nitrogen and oxygen atoms in total. The summed E-state index contributed by atoms with van der Waals surface area (Å²) in [7, 11) is 2.17. The van der Waals surface area contributed by atoms with E-state index in [9.17, 15) is 9.50 Å². The summed E-state index contributed by atoms with van der Waals surface area (Å²) < 4.78 is 13.0. The first-order chi connectivity index (χ1) is 8.70. The molecular formula is C15H20FNO. The van der Waals surface area contributed by atoms with Crippen LogP contribution >= 0.6 is 0 Å². The number of nitrogens with zero attached hydrogens (tertiary/aromatic N) is 1. The summed E-state index contributed by atoms with van der Waals surface area (Å²) in [5, 5.41) is 9.71. The molecule has 98 valence electrons. The maximum atomic E-state index is 13.0. The van der Waals surface area contributed by atoms with Gasteiger partial charge in [-0.15, -0.1) is 0 Å². The number of fused-ring (bicyclic) bond motifs is 2. The van der Waals surface area contributed by atoms with Crippen molar-refractivity contribution < 1.29 is 9.50 Å². The summed E-state index contributed by atoms with van der Waals surface area (Å²) in [5.41, 5.74) is 1.18. The molecule has 1 aromatic rings. The van der Waals surface area contributed by atoms with E-state index in [-0.39, 0.29) is 12.4 Å². The minimum Gasteiger partial charge on any atom is -0.396 e. The fraction of sp³-hybridized carbons (Fsp3) is 0.600. The molecule has 18 heavy (non-hydrogen) atoms. The molecule has 0 spiro atoms. The van der Waals surface area contributed by atoms with Gasteiger partial charge >= 0.3 is 0 Å². The molecule has 0 aliphatic carbocycles. The molecule has 2 unspecified atom stereocenters. The van der Waals surface area contributed by atoms with E-state index in [2.05, 4.69) is 11.9 Å². The standard InChI is InChI=1S/C15H20FNO/c1-17-12-6-7-15(17)14(9-18)13(8-12)10-2-4-11(16)5-3-10/h2-5,12-15,18H,6-9H2,1H3/t12-,13+,14?,15?/m1/s1. The topological polar surface area (TPSA) is 23.5 Å². The maximum absolute atomic E-state index is 13.0. The minimum atomic E-state index is -0.185. The Morgan fingerprint density at radius 2 is 2.00 bits per heavy atom. The Bertz CT molecular complexity index is 419. The summed E-state index contributed by atoms with van der Waals surface area (Å²) in [6.07, 6.45) is 3.50. The fourth-order valence-corrected chi connectivity index (χ4v) is 3.92. The van der Waals surface area contributed by atoms with Crippen LogP contribution in [0.25, 0.3) is 0 Å². The van der Waals surface area contributed by atoms with Crippen molar-refractivity contribution in [3.63, 3.8) is 0 Å². The van der Waals surface area contributed by atoms with E-state index in [0.29, 0.717) is 23.9 Å². The second kappa shape index (κ2) is 4.63. The Labute approximate surface area is 107 Å². The molecule has 0 radical (unpaired) electrons. The van der Waals surface area contributed by atoms with Crippen molar-refractivity contribution in [2.24, 2.45) is 5.92 Å². The van der Waals surface area contributed by atoms with Crippen LogP contribution in [0.3, 0.4) is 0 Å². The van der Waals surface area contributed by atoms with Gasteiger partial charge in [0.2, 0.25) is 0 Å². The minimum absolute atomic E-state index is 0.185. The number of halogens is 1. The number of aliphatic hydroxyl groups excluding tert-OH is 1. The molecule has 0 aromatic heterocycles. The highest BCUT2D eigenvalue weighted by molar-refractivity contribution is 5.24. The molecular weight excluding hydrogens is 229 g/mol. The third kappa shape index (κ3) is 1.86. The second-order valence-corrected chi connectivity index (χ2v) is 5.70. The van der Waals surface area contributed by atoms with Crippen LogP contribution in [0.15, 0.2) is 24.3 Å². The Kier molecular flexibility index (Phi) is 3.12. The van der Waals surface area contributed by atoms with E-state index in [1.165, 1.54) is 30.5 Å². The lowest BCUT2D eigenvalue weighted by Gasteiger charge is -2.42. The molecule has 2 aliphatic heterocycles. The SMILES string of the molecule is CN1C2CC[C@@H]1C[C@@H](c1ccc(F)cc1)C2CO. The molecule has 1 aromatic carbocycles. The number of hydrogen-bond donors (Lipinski definition) is 1. The number of benzene rings is 1. The second-order valence-electron chi connectivity index (χ2n) is 5.70. The van der Waals surface area contributed by atoms with Crippen LogP contribution in [0.2, 0.25) is 0 Å². The van der Waals surface area contributed by atoms with Gasteiger partial charge in [0.1, 0.15) is 5.82 Å². The lowest BCUT2D eigenvalue weighted by atomic mass is 9.76. The zero-order valence-electron chi connectivity index (χ0n) is 10.7. The van der Waals surface area contributed by atoms with Crippen LogP contribution in [0.5, 0.6) is 0 Å². The van der Waals surface area contributed by atoms with Crippen LogP contribution in [0.1, 0.15) is 30.7 Å². The first-order valence-corrected chi connectivity index (χ1v) is 6.79. The van der Waals surface area contributed by atoms with Crippen molar-refractivity contribution in [1.29, 1.82) is 0 Å². The van der Waals surface area contributed by atoms with Crippen molar-refractivity contribution in [3.05, 3.63) is 35.6 Å². The van der Waals surface area contributed by atoms with Gasteiger partial charge in [-0.2, -0.15) is 0 Å². The summed E-state index contributed by atoms with van der Waals surface area (Å²) >= 11 is 0. The molecule has 3 heteroatoms. The lowest BCUT2D eigenvalue weighted by Crippen LogP contribution is -2.47. The third-order valence-corrected chi connectivity index (χ3v) is 4.94. The molecule has 0 amide bonds. The fourth-order valence-electron chi connectivity index (χ4n) is 3.92. The van der Waals surface area contributed by atoms with Crippen LogP contribution in [-0.2, 0) is 0 Å². The van der Waals surface area contributed by atoms with Crippen LogP contribution in [0, 0.1) is 11.7 Å². The van der Waals surface area contributed by atoms with E-state index < -0.39 is 0 Å². The molecule has 2 saturated heterocycles. The number of rotatable bonds is 2. The summed E-state index contributed by atoms with van der Waals surface area (Å²) in [5.74, 6) is 0.485. The number of hydrogen-bond acceptors (Lipinski definition) is 2. The monoisotopic (exact) mass is 249 g/mol. The van der Waals surface area contributed by atoms with Gasteiger partial charge in [-0.05, 0) is 49.9 Å². The predicted molar refractivity (Wildman–Crippen MR) is 68.9 cm³/mol. The van der Waals surface area contributed by atoms with Crippen molar-refractivity contribution >= 4 is 0 Å². The van der Waals surface area contributed by atoms with Crippen LogP contribution in [0.4, 0.5) is 4.39 Å². The molecule has 2 heterocycles. The highest BCUT2D eigenvalue weighted by Crippen LogP contribution is 2.45. The van der Waals surface area contributed by atoms with Gasteiger partial charge < -0.3 is 10.0 Å². The van der Waals surface area contributed by atoms with Crippen LogP contribution < -0.4 is 0 Å². The maximum Gasteiger partial charge on any atom is 0.123 e. The van der Waals surface area contributed by atoms with Crippen molar-refractivity contribution in [2.75, 3.05) is 13.7 Å². The average Bonchev–Trinajstić information content (AvgIpc) is 2.63. The van der Waals surface area contributed by atoms with E-state index in [0.717, 1.165) is 6.42 Å². The van der Waals surface area contributed by atoms with Gasteiger partial charge in [-0.3, -0.25) is 0 Å². The zero-order valence-corrected chi connectivity index (χ0v) is 10.7. The van der Waals surface area contributed by atoms with Gasteiger partial charge in [-0.1, -0.05) is 12.1 Å². The Morgan fingerprint density at radius 3 is 2.67 bits per heavy atom. The first-order valence-electron chi connectivity index (χ1n) is 6.79. The predicted octanol–water partition coefficient (Wildman–Crippen LogP) is 2.38. The molecule has 1 N–H and O–H groups in total. The van der Waals surface area contributed by atoms with E-state index in [1.807, 2.05) is 12.1 Å². The summed E-state index contributed by atoms with van der Waals surface area (Å²) in [6, 6.07) is 7.95. The average molecular weight is 249 g/mol. The molecule has 2 aliphatic rings. The Balaban J connectivity index is 1.89. The zero-order chi connectivity index (χ0) is 12.7. The number of aliphatic hydroxyl groups is 1. The van der Waals surface area contributed by atoms with E-state index in [1.54, 1.807) is 0 Å². The third-order valence-electron chi connectivity index (χ3n) is 4.94. The van der Waals surface area contributed by atoms with Crippen molar-refractivity contribution in [2.45, 2.75) is 37.3 Å². The molecule has 4 atom stereocenters. The highest BCUT2D eigenvalue weighted by Gasteiger charge is 2.45.